The van der Waals surface area contributed by atoms with Crippen LogP contribution in [0.5, 0.6) is 0 Å². The number of carbonyl (C=O) groups is 1. The van der Waals surface area contributed by atoms with Gasteiger partial charge in [-0.25, -0.2) is 0 Å². The van der Waals surface area contributed by atoms with E-state index >= 15 is 0 Å². The first-order valence-electron chi connectivity index (χ1n) is 6.32. The van der Waals surface area contributed by atoms with Crippen molar-refractivity contribution in [3.05, 3.63) is 33.9 Å². The summed E-state index contributed by atoms with van der Waals surface area (Å²) in [5, 5.41) is 16.9. The maximum atomic E-state index is 12.2. The molecule has 0 saturated heterocycles. The lowest BCUT2D eigenvalue weighted by atomic mass is 10.1. The van der Waals surface area contributed by atoms with Gasteiger partial charge in [0.25, 0.3) is 11.6 Å². The molecule has 0 heterocycles. The molecule has 0 aliphatic heterocycles. The fourth-order valence-corrected chi connectivity index (χ4v) is 1.84. The number of amides is 1. The first-order chi connectivity index (χ1) is 9.49. The maximum absolute atomic E-state index is 12.2. The number of hydrogen-bond acceptors (Lipinski definition) is 5. The lowest BCUT2D eigenvalue weighted by Crippen LogP contribution is -2.30. The highest BCUT2D eigenvalue weighted by molar-refractivity contribution is 7.99. The Morgan fingerprint density at radius 2 is 2.20 bits per heavy atom. The van der Waals surface area contributed by atoms with Gasteiger partial charge in [-0.1, -0.05) is 6.92 Å². The molecule has 20 heavy (non-hydrogen) atoms. The molecule has 0 aliphatic carbocycles. The Hall–Kier alpha value is -1.76. The van der Waals surface area contributed by atoms with Crippen LogP contribution >= 0.6 is 11.8 Å². The molecule has 0 radical (unpaired) electrons. The third kappa shape index (κ3) is 4.41. The zero-order valence-corrected chi connectivity index (χ0v) is 12.6. The SMILES string of the molecule is CCNc1ccc([N+](=O)[O-])cc1C(=O)NCC(C)SC. The summed E-state index contributed by atoms with van der Waals surface area (Å²) in [6.45, 7) is 5.07. The average Bonchev–Trinajstić information content (AvgIpc) is 2.44. The number of nitro benzene ring substituents is 1. The van der Waals surface area contributed by atoms with Crippen LogP contribution in [0.15, 0.2) is 18.2 Å². The summed E-state index contributed by atoms with van der Waals surface area (Å²) in [5.41, 5.74) is 0.816. The first-order valence-corrected chi connectivity index (χ1v) is 7.61. The van der Waals surface area contributed by atoms with E-state index in [1.165, 1.54) is 12.1 Å². The highest BCUT2D eigenvalue weighted by Gasteiger charge is 2.16. The minimum Gasteiger partial charge on any atom is -0.385 e. The van der Waals surface area contributed by atoms with Crippen LogP contribution < -0.4 is 10.6 Å². The van der Waals surface area contributed by atoms with Gasteiger partial charge in [0.2, 0.25) is 0 Å². The van der Waals surface area contributed by atoms with Crippen molar-refractivity contribution in [1.29, 1.82) is 0 Å². The molecular weight excluding hydrogens is 278 g/mol. The number of anilines is 1. The average molecular weight is 297 g/mol. The molecule has 6 nitrogen and oxygen atoms in total. The van der Waals surface area contributed by atoms with Gasteiger partial charge in [-0.3, -0.25) is 14.9 Å². The maximum Gasteiger partial charge on any atom is 0.270 e. The molecule has 1 rings (SSSR count). The second kappa shape index (κ2) is 7.74. The fourth-order valence-electron chi connectivity index (χ4n) is 1.59. The van der Waals surface area contributed by atoms with Crippen LogP contribution in [-0.4, -0.2) is 35.4 Å². The zero-order valence-electron chi connectivity index (χ0n) is 11.8. The Morgan fingerprint density at radius 1 is 1.50 bits per heavy atom. The van der Waals surface area contributed by atoms with Crippen molar-refractivity contribution in [1.82, 2.24) is 5.32 Å². The lowest BCUT2D eigenvalue weighted by molar-refractivity contribution is -0.384. The predicted octanol–water partition coefficient (Wildman–Crippen LogP) is 2.51. The number of non-ortho nitro benzene ring substituents is 1. The summed E-state index contributed by atoms with van der Waals surface area (Å²) in [6, 6.07) is 4.25. The van der Waals surface area contributed by atoms with Crippen molar-refractivity contribution in [3.63, 3.8) is 0 Å². The molecule has 0 saturated carbocycles. The Labute approximate surface area is 122 Å². The quantitative estimate of drug-likeness (QED) is 0.596. The molecule has 0 bridgehead atoms. The van der Waals surface area contributed by atoms with E-state index in [0.717, 1.165) is 0 Å². The second-order valence-electron chi connectivity index (χ2n) is 4.27. The minimum absolute atomic E-state index is 0.0882. The number of carbonyl (C=O) groups excluding carboxylic acids is 1. The van der Waals surface area contributed by atoms with Crippen LogP contribution in [0.4, 0.5) is 11.4 Å². The smallest absolute Gasteiger partial charge is 0.270 e. The van der Waals surface area contributed by atoms with Crippen LogP contribution in [0.3, 0.4) is 0 Å². The number of rotatable bonds is 7. The number of benzene rings is 1. The number of thioether (sulfide) groups is 1. The largest absolute Gasteiger partial charge is 0.385 e. The van der Waals surface area contributed by atoms with Crippen molar-refractivity contribution in [2.45, 2.75) is 19.1 Å². The van der Waals surface area contributed by atoms with Crippen molar-refractivity contribution in [3.8, 4) is 0 Å². The highest BCUT2D eigenvalue weighted by Crippen LogP contribution is 2.22. The van der Waals surface area contributed by atoms with Crippen LogP contribution in [0.25, 0.3) is 0 Å². The van der Waals surface area contributed by atoms with Gasteiger partial charge in [-0.05, 0) is 19.2 Å². The summed E-state index contributed by atoms with van der Waals surface area (Å²) < 4.78 is 0. The third-order valence-electron chi connectivity index (χ3n) is 2.78. The molecule has 0 aromatic heterocycles. The number of nitro groups is 1. The van der Waals surface area contributed by atoms with Crippen LogP contribution in [0, 0.1) is 10.1 Å². The molecule has 1 aromatic rings. The van der Waals surface area contributed by atoms with Gasteiger partial charge >= 0.3 is 0 Å². The van der Waals surface area contributed by atoms with Crippen LogP contribution in [-0.2, 0) is 0 Å². The number of nitrogens with zero attached hydrogens (tertiary/aromatic N) is 1. The van der Waals surface area contributed by atoms with Crippen molar-refractivity contribution < 1.29 is 9.72 Å². The van der Waals surface area contributed by atoms with Gasteiger partial charge in [0.05, 0.1) is 10.5 Å². The Kier molecular flexibility index (Phi) is 6.30. The third-order valence-corrected chi connectivity index (χ3v) is 3.75. The van der Waals surface area contributed by atoms with Gasteiger partial charge in [-0.2, -0.15) is 11.8 Å². The lowest BCUT2D eigenvalue weighted by Gasteiger charge is -2.13. The Morgan fingerprint density at radius 3 is 2.75 bits per heavy atom. The van der Waals surface area contributed by atoms with Crippen molar-refractivity contribution in [2.24, 2.45) is 0 Å². The Balaban J connectivity index is 2.96. The predicted molar refractivity (Wildman–Crippen MR) is 82.6 cm³/mol. The summed E-state index contributed by atoms with van der Waals surface area (Å²) in [7, 11) is 0. The van der Waals surface area contributed by atoms with Gasteiger partial charge < -0.3 is 10.6 Å². The van der Waals surface area contributed by atoms with E-state index < -0.39 is 4.92 Å². The molecule has 7 heteroatoms. The molecule has 2 N–H and O–H groups in total. The molecule has 110 valence electrons. The number of nitrogens with one attached hydrogen (secondary N) is 2. The summed E-state index contributed by atoms with van der Waals surface area (Å²) in [6.07, 6.45) is 1.97. The number of hydrogen-bond donors (Lipinski definition) is 2. The summed E-state index contributed by atoms with van der Waals surface area (Å²) in [5.74, 6) is -0.300. The topological polar surface area (TPSA) is 84.3 Å². The van der Waals surface area contributed by atoms with E-state index in [9.17, 15) is 14.9 Å². The molecule has 1 aromatic carbocycles. The van der Waals surface area contributed by atoms with Gasteiger partial charge in [0.15, 0.2) is 0 Å². The van der Waals surface area contributed by atoms with E-state index in [2.05, 4.69) is 10.6 Å². The van der Waals surface area contributed by atoms with E-state index in [1.807, 2.05) is 20.1 Å². The van der Waals surface area contributed by atoms with Gasteiger partial charge in [-0.15, -0.1) is 0 Å². The molecule has 1 unspecified atom stereocenters. The summed E-state index contributed by atoms with van der Waals surface area (Å²) in [4.78, 5) is 22.5. The zero-order chi connectivity index (χ0) is 15.1. The standard InChI is InChI=1S/C13H19N3O3S/c1-4-14-12-6-5-10(16(18)19)7-11(12)13(17)15-8-9(2)20-3/h5-7,9,14H,4,8H2,1-3H3,(H,15,17). The van der Waals surface area contributed by atoms with Crippen LogP contribution in [0.2, 0.25) is 0 Å². The van der Waals surface area contributed by atoms with Gasteiger partial charge in [0.1, 0.15) is 0 Å². The second-order valence-corrected chi connectivity index (χ2v) is 5.55. The van der Waals surface area contributed by atoms with Crippen molar-refractivity contribution in [2.75, 3.05) is 24.7 Å². The van der Waals surface area contributed by atoms with Crippen molar-refractivity contribution >= 4 is 29.0 Å². The van der Waals surface area contributed by atoms with E-state index in [4.69, 9.17) is 0 Å². The van der Waals surface area contributed by atoms with Crippen LogP contribution in [0.1, 0.15) is 24.2 Å². The first kappa shape index (κ1) is 16.3. The molecule has 0 aliphatic rings. The molecule has 0 spiro atoms. The monoisotopic (exact) mass is 297 g/mol. The van der Waals surface area contributed by atoms with Gasteiger partial charge in [0, 0.05) is 36.2 Å². The Bertz CT molecular complexity index is 494. The highest BCUT2D eigenvalue weighted by atomic mass is 32.2. The van der Waals surface area contributed by atoms with E-state index in [-0.39, 0.29) is 11.6 Å². The molecule has 1 amide bonds. The fraction of sp³-hybridized carbons (Fsp3) is 0.462. The molecule has 0 fully saturated rings. The minimum atomic E-state index is -0.503. The molecule has 1 atom stereocenters. The normalized spacial score (nSPS) is 11.8. The van der Waals surface area contributed by atoms with E-state index in [1.54, 1.807) is 17.8 Å². The van der Waals surface area contributed by atoms with E-state index in [0.29, 0.717) is 29.6 Å². The summed E-state index contributed by atoms with van der Waals surface area (Å²) >= 11 is 1.65. The molecular formula is C13H19N3O3S.